The van der Waals surface area contributed by atoms with Crippen molar-refractivity contribution in [2.24, 2.45) is 0 Å². The lowest BCUT2D eigenvalue weighted by molar-refractivity contribution is 0.272. The minimum Gasteiger partial charge on any atom is -0.303 e. The van der Waals surface area contributed by atoms with Crippen LogP contribution in [0.2, 0.25) is 0 Å². The van der Waals surface area contributed by atoms with E-state index in [9.17, 15) is 0 Å². The average Bonchev–Trinajstić information content (AvgIpc) is 2.48. The lowest BCUT2D eigenvalue weighted by Gasteiger charge is -1.99. The van der Waals surface area contributed by atoms with Crippen LogP contribution >= 0.6 is 23.5 Å². The number of hydrogen-bond acceptors (Lipinski definition) is 4. The van der Waals surface area contributed by atoms with Crippen molar-refractivity contribution in [1.82, 2.24) is 4.98 Å². The molecule has 1 heterocycles. The molecule has 9 N–H and O–H groups in total. The van der Waals surface area contributed by atoms with Gasteiger partial charge in [-0.25, -0.2) is 18.7 Å². The molecule has 0 saturated heterocycles. The van der Waals surface area contributed by atoms with Crippen LogP contribution in [0.3, 0.4) is 0 Å². The van der Waals surface area contributed by atoms with E-state index in [-0.39, 0.29) is 0 Å². The van der Waals surface area contributed by atoms with Gasteiger partial charge < -0.3 is 44.0 Å². The quantitative estimate of drug-likeness (QED) is 0.161. The Bertz CT molecular complexity index is 880. The molecular weight excluding hydrogens is 455 g/mol. The molecule has 3 aromatic rings. The summed E-state index contributed by atoms with van der Waals surface area (Å²) in [5.74, 6) is 0. The van der Waals surface area contributed by atoms with E-state index in [4.69, 9.17) is 57.7 Å². The minimum atomic E-state index is -4.64. The van der Waals surface area contributed by atoms with Crippen molar-refractivity contribution >= 4 is 45.3 Å². The van der Waals surface area contributed by atoms with Gasteiger partial charge in [0.05, 0.1) is 11.0 Å². The lowest BCUT2D eigenvalue weighted by atomic mass is 10.1. The van der Waals surface area contributed by atoms with E-state index in [1.54, 1.807) is 0 Å². The number of hydrogen-bond donors (Lipinski definition) is 9. The van der Waals surface area contributed by atoms with Crippen LogP contribution in [-0.4, -0.2) is 49.0 Å². The molecule has 13 nitrogen and oxygen atoms in total. The average molecular weight is 473 g/mol. The first-order valence-electron chi connectivity index (χ1n) is 7.03. The highest BCUT2D eigenvalue weighted by atomic mass is 31.2. The molecule has 29 heavy (non-hydrogen) atoms. The summed E-state index contributed by atoms with van der Waals surface area (Å²) in [7, 11) is -13.9. The standard InChI is InChI=1S/C13H9N.3H3O4P/c1-3-7-12-10(5-1)9-11-6-2-4-8-13(11)14-12;3*1-5(2,3)4/h1-9H;3*(H3,1,2,3,4). The number of nitrogens with zero attached hydrogens (tertiary/aromatic N) is 1. The Hall–Kier alpha value is -1.56. The van der Waals surface area contributed by atoms with Crippen LogP contribution in [0.15, 0.2) is 54.6 Å². The second-order valence-corrected chi connectivity index (χ2v) is 7.99. The molecule has 0 radical (unpaired) electrons. The van der Waals surface area contributed by atoms with Crippen LogP contribution in [0.5, 0.6) is 0 Å². The van der Waals surface area contributed by atoms with Gasteiger partial charge in [-0.3, -0.25) is 0 Å². The zero-order valence-corrected chi connectivity index (χ0v) is 16.9. The van der Waals surface area contributed by atoms with Crippen LogP contribution in [-0.2, 0) is 13.7 Å². The van der Waals surface area contributed by atoms with Crippen molar-refractivity contribution in [2.75, 3.05) is 0 Å². The highest BCUT2D eigenvalue weighted by Gasteiger charge is 2.01. The van der Waals surface area contributed by atoms with E-state index < -0.39 is 23.5 Å². The SMILES string of the molecule is O=P(O)(O)O.O=P(O)(O)O.O=P(O)(O)O.c1ccc2nc3ccccc3cc2c1. The van der Waals surface area contributed by atoms with Gasteiger partial charge in [-0.15, -0.1) is 0 Å². The highest BCUT2D eigenvalue weighted by Crippen LogP contribution is 2.26. The first-order chi connectivity index (χ1) is 12.9. The maximum atomic E-state index is 8.88. The third-order valence-electron chi connectivity index (χ3n) is 2.43. The number of fused-ring (bicyclic) bond motifs is 2. The first-order valence-corrected chi connectivity index (χ1v) is 11.7. The van der Waals surface area contributed by atoms with Gasteiger partial charge in [0.25, 0.3) is 0 Å². The second kappa shape index (κ2) is 11.6. The summed E-state index contributed by atoms with van der Waals surface area (Å²) in [6.45, 7) is 0. The fourth-order valence-corrected chi connectivity index (χ4v) is 1.72. The molecule has 0 atom stereocenters. The van der Waals surface area contributed by atoms with Crippen molar-refractivity contribution in [3.8, 4) is 0 Å². The molecular formula is C13H18NO12P3. The zero-order chi connectivity index (χ0) is 22.9. The molecule has 2 aromatic carbocycles. The topological polar surface area (TPSA) is 246 Å². The predicted molar refractivity (Wildman–Crippen MR) is 102 cm³/mol. The molecule has 0 aliphatic heterocycles. The third kappa shape index (κ3) is 19.5. The van der Waals surface area contributed by atoms with Gasteiger partial charge in [0.2, 0.25) is 0 Å². The number of phosphoric acid groups is 3. The van der Waals surface area contributed by atoms with Gasteiger partial charge in [-0.05, 0) is 18.2 Å². The number of para-hydroxylation sites is 2. The molecule has 0 amide bonds. The summed E-state index contributed by atoms with van der Waals surface area (Å²) < 4.78 is 26.6. The zero-order valence-electron chi connectivity index (χ0n) is 14.2. The molecule has 0 fully saturated rings. The van der Waals surface area contributed by atoms with E-state index >= 15 is 0 Å². The van der Waals surface area contributed by atoms with Gasteiger partial charge in [-0.2, -0.15) is 0 Å². The predicted octanol–water partition coefficient (Wildman–Crippen LogP) is 0.602. The Morgan fingerprint density at radius 2 is 0.759 bits per heavy atom. The Labute approximate surface area is 163 Å². The fourth-order valence-electron chi connectivity index (χ4n) is 1.72. The molecule has 1 aromatic heterocycles. The monoisotopic (exact) mass is 473 g/mol. The van der Waals surface area contributed by atoms with Crippen molar-refractivity contribution in [2.45, 2.75) is 0 Å². The fraction of sp³-hybridized carbons (Fsp3) is 0. The Morgan fingerprint density at radius 3 is 1.03 bits per heavy atom. The molecule has 16 heteroatoms. The van der Waals surface area contributed by atoms with Crippen LogP contribution in [0.25, 0.3) is 21.8 Å². The van der Waals surface area contributed by atoms with Gasteiger partial charge in [0.15, 0.2) is 0 Å². The van der Waals surface area contributed by atoms with Crippen LogP contribution < -0.4 is 0 Å². The second-order valence-electron chi connectivity index (χ2n) is 4.91. The molecule has 0 unspecified atom stereocenters. The van der Waals surface area contributed by atoms with E-state index in [2.05, 4.69) is 23.2 Å². The van der Waals surface area contributed by atoms with Gasteiger partial charge >= 0.3 is 23.5 Å². The molecule has 0 aliphatic rings. The summed E-state index contributed by atoms with van der Waals surface area (Å²) in [4.78, 5) is 69.3. The van der Waals surface area contributed by atoms with Gasteiger partial charge in [-0.1, -0.05) is 36.4 Å². The normalized spacial score (nSPS) is 11.3. The van der Waals surface area contributed by atoms with Crippen molar-refractivity contribution in [1.29, 1.82) is 0 Å². The van der Waals surface area contributed by atoms with Gasteiger partial charge in [0.1, 0.15) is 0 Å². The molecule has 0 spiro atoms. The van der Waals surface area contributed by atoms with E-state index in [1.165, 1.54) is 10.8 Å². The third-order valence-corrected chi connectivity index (χ3v) is 2.43. The smallest absolute Gasteiger partial charge is 0.303 e. The largest absolute Gasteiger partial charge is 0.466 e. The van der Waals surface area contributed by atoms with Crippen LogP contribution in [0, 0.1) is 0 Å². The van der Waals surface area contributed by atoms with Crippen molar-refractivity contribution < 1.29 is 57.7 Å². The highest BCUT2D eigenvalue weighted by molar-refractivity contribution is 7.45. The van der Waals surface area contributed by atoms with E-state index in [0.717, 1.165) is 11.0 Å². The number of aromatic nitrogens is 1. The molecule has 0 aliphatic carbocycles. The Kier molecular flexibility index (Phi) is 11.0. The van der Waals surface area contributed by atoms with E-state index in [0.29, 0.717) is 0 Å². The molecule has 3 rings (SSSR count). The van der Waals surface area contributed by atoms with Gasteiger partial charge in [0, 0.05) is 10.8 Å². The lowest BCUT2D eigenvalue weighted by Crippen LogP contribution is -1.80. The van der Waals surface area contributed by atoms with E-state index in [1.807, 2.05) is 36.4 Å². The van der Waals surface area contributed by atoms with Crippen molar-refractivity contribution in [3.63, 3.8) is 0 Å². The summed E-state index contributed by atoms with van der Waals surface area (Å²) >= 11 is 0. The number of rotatable bonds is 0. The Balaban J connectivity index is 0.000000439. The van der Waals surface area contributed by atoms with Crippen molar-refractivity contribution in [3.05, 3.63) is 54.6 Å². The summed E-state index contributed by atoms with van der Waals surface area (Å²) in [6.07, 6.45) is 0. The first kappa shape index (κ1) is 27.4. The van der Waals surface area contributed by atoms with Crippen LogP contribution in [0.1, 0.15) is 0 Å². The summed E-state index contributed by atoms with van der Waals surface area (Å²) in [5, 5.41) is 2.40. The number of pyridine rings is 1. The maximum Gasteiger partial charge on any atom is 0.466 e. The summed E-state index contributed by atoms with van der Waals surface area (Å²) in [5.41, 5.74) is 2.12. The van der Waals surface area contributed by atoms with Crippen LogP contribution in [0.4, 0.5) is 0 Å². The maximum absolute atomic E-state index is 8.88. The minimum absolute atomic E-state index is 1.06. The summed E-state index contributed by atoms with van der Waals surface area (Å²) in [6, 6.07) is 18.6. The number of benzene rings is 2. The molecule has 0 saturated carbocycles. The molecule has 162 valence electrons. The molecule has 0 bridgehead atoms. The Morgan fingerprint density at radius 1 is 0.517 bits per heavy atom.